The molecule has 0 spiro atoms. The summed E-state index contributed by atoms with van der Waals surface area (Å²) in [6.07, 6.45) is 4.46. The van der Waals surface area contributed by atoms with Gasteiger partial charge in [-0.25, -0.2) is 18.7 Å². The van der Waals surface area contributed by atoms with Crippen LogP contribution >= 0.6 is 0 Å². The van der Waals surface area contributed by atoms with Crippen LogP contribution in [-0.4, -0.2) is 38.0 Å². The lowest BCUT2D eigenvalue weighted by Gasteiger charge is -2.09. The number of carbonyl (C=O) groups excluding carboxylic acids is 1. The van der Waals surface area contributed by atoms with Crippen LogP contribution in [0.4, 0.5) is 8.78 Å². The molecule has 1 aliphatic rings. The fourth-order valence-electron chi connectivity index (χ4n) is 3.68. The number of rotatable bonds is 5. The molecule has 2 aromatic heterocycles. The zero-order valence-corrected chi connectivity index (χ0v) is 15.1. The van der Waals surface area contributed by atoms with Crippen molar-refractivity contribution in [3.8, 4) is 11.4 Å². The molecule has 4 rings (SSSR count). The molecule has 0 saturated heterocycles. The van der Waals surface area contributed by atoms with E-state index in [2.05, 4.69) is 20.3 Å². The van der Waals surface area contributed by atoms with Gasteiger partial charge in [0.2, 0.25) is 5.91 Å². The van der Waals surface area contributed by atoms with Gasteiger partial charge in [0, 0.05) is 24.5 Å². The van der Waals surface area contributed by atoms with Crippen molar-refractivity contribution in [2.75, 3.05) is 7.11 Å². The summed E-state index contributed by atoms with van der Waals surface area (Å²) in [5, 5.41) is 7.90. The molecular formula is C18H18F2N6O2. The molecular weight excluding hydrogens is 370 g/mol. The number of ether oxygens (including phenoxy) is 1. The van der Waals surface area contributed by atoms with Crippen LogP contribution in [-0.2, 0) is 11.2 Å². The van der Waals surface area contributed by atoms with Crippen LogP contribution in [0.5, 0.6) is 5.75 Å². The molecule has 8 nitrogen and oxygen atoms in total. The van der Waals surface area contributed by atoms with Gasteiger partial charge in [-0.15, -0.1) is 5.10 Å². The van der Waals surface area contributed by atoms with Gasteiger partial charge >= 0.3 is 0 Å². The summed E-state index contributed by atoms with van der Waals surface area (Å²) >= 11 is 0. The summed E-state index contributed by atoms with van der Waals surface area (Å²) < 4.78 is 34.1. The highest BCUT2D eigenvalue weighted by atomic mass is 19.1. The summed E-state index contributed by atoms with van der Waals surface area (Å²) in [5.41, 5.74) is 6.27. The first-order valence-electron chi connectivity index (χ1n) is 8.86. The Morgan fingerprint density at radius 3 is 2.71 bits per heavy atom. The fraction of sp³-hybridized carbons (Fsp3) is 0.389. The molecule has 1 aromatic carbocycles. The minimum atomic E-state index is -0.848. The number of methoxy groups -OCH3 is 1. The third-order valence-corrected chi connectivity index (χ3v) is 5.09. The number of primary amides is 1. The number of fused-ring (bicyclic) bond motifs is 1. The molecule has 0 unspecified atom stereocenters. The van der Waals surface area contributed by atoms with Gasteiger partial charge in [-0.1, -0.05) is 5.21 Å². The first-order valence-corrected chi connectivity index (χ1v) is 8.86. The molecule has 10 heteroatoms. The maximum absolute atomic E-state index is 14.1. The second-order valence-electron chi connectivity index (χ2n) is 6.92. The van der Waals surface area contributed by atoms with Gasteiger partial charge in [-0.05, 0) is 25.2 Å². The lowest BCUT2D eigenvalue weighted by Crippen LogP contribution is -2.21. The van der Waals surface area contributed by atoms with E-state index < -0.39 is 17.4 Å². The largest absolute Gasteiger partial charge is 0.491 e. The lowest BCUT2D eigenvalue weighted by atomic mass is 10.0. The molecule has 1 saturated carbocycles. The predicted molar refractivity (Wildman–Crippen MR) is 94.7 cm³/mol. The molecule has 146 valence electrons. The Hall–Kier alpha value is -3.17. The normalized spacial score (nSPS) is 19.2. The van der Waals surface area contributed by atoms with E-state index in [0.29, 0.717) is 29.8 Å². The van der Waals surface area contributed by atoms with E-state index in [1.165, 1.54) is 18.0 Å². The Kier molecular flexibility index (Phi) is 4.62. The molecule has 1 amide bonds. The fourth-order valence-corrected chi connectivity index (χ4v) is 3.68. The maximum Gasteiger partial charge on any atom is 0.220 e. The van der Waals surface area contributed by atoms with Gasteiger partial charge in [0.25, 0.3) is 0 Å². The van der Waals surface area contributed by atoms with Crippen LogP contribution in [0.2, 0.25) is 0 Å². The molecule has 3 aromatic rings. The highest BCUT2D eigenvalue weighted by Gasteiger charge is 2.29. The minimum Gasteiger partial charge on any atom is -0.491 e. The van der Waals surface area contributed by atoms with Crippen LogP contribution in [0.25, 0.3) is 16.9 Å². The standard InChI is InChI=1S/C18H18F2N6O2/c1-28-16-12(19)6-11(7-13(16)20)26-18-14(24-25-26)8-22-15(23-18)5-9-2-3-10(4-9)17(21)27/h6-10H,2-5H2,1H3,(H2,21,27)/t9-,10-/m1/s1. The van der Waals surface area contributed by atoms with Crippen LogP contribution < -0.4 is 10.5 Å². The van der Waals surface area contributed by atoms with Crippen LogP contribution in [0.1, 0.15) is 25.1 Å². The van der Waals surface area contributed by atoms with Crippen LogP contribution in [0.15, 0.2) is 18.3 Å². The number of aromatic nitrogens is 5. The van der Waals surface area contributed by atoms with E-state index in [-0.39, 0.29) is 23.4 Å². The van der Waals surface area contributed by atoms with E-state index in [0.717, 1.165) is 25.0 Å². The maximum atomic E-state index is 14.1. The average molecular weight is 388 g/mol. The second-order valence-corrected chi connectivity index (χ2v) is 6.92. The van der Waals surface area contributed by atoms with Crippen molar-refractivity contribution in [1.82, 2.24) is 25.0 Å². The summed E-state index contributed by atoms with van der Waals surface area (Å²) in [6.45, 7) is 0. The Morgan fingerprint density at radius 1 is 1.32 bits per heavy atom. The van der Waals surface area contributed by atoms with Crippen molar-refractivity contribution < 1.29 is 18.3 Å². The second kappa shape index (κ2) is 7.10. The Bertz CT molecular complexity index is 1030. The molecule has 2 N–H and O–H groups in total. The number of nitrogens with zero attached hydrogens (tertiary/aromatic N) is 5. The molecule has 2 atom stereocenters. The smallest absolute Gasteiger partial charge is 0.220 e. The number of hydrogen-bond acceptors (Lipinski definition) is 6. The molecule has 1 aliphatic carbocycles. The van der Waals surface area contributed by atoms with E-state index in [9.17, 15) is 13.6 Å². The number of amides is 1. The van der Waals surface area contributed by atoms with Gasteiger partial charge in [0.15, 0.2) is 28.5 Å². The molecule has 0 aliphatic heterocycles. The van der Waals surface area contributed by atoms with Crippen molar-refractivity contribution in [3.05, 3.63) is 35.8 Å². The minimum absolute atomic E-state index is 0.105. The van der Waals surface area contributed by atoms with Crippen LogP contribution in [0.3, 0.4) is 0 Å². The SMILES string of the molecule is COc1c(F)cc(-n2nnc3cnc(C[C@@H]4CC[C@@H](C(N)=O)C4)nc32)cc1F. The zero-order valence-electron chi connectivity index (χ0n) is 15.1. The van der Waals surface area contributed by atoms with E-state index in [1.54, 1.807) is 0 Å². The monoisotopic (exact) mass is 388 g/mol. The van der Waals surface area contributed by atoms with Gasteiger partial charge < -0.3 is 10.5 Å². The van der Waals surface area contributed by atoms with Gasteiger partial charge in [-0.3, -0.25) is 4.79 Å². The summed E-state index contributed by atoms with van der Waals surface area (Å²) in [7, 11) is 1.19. The summed E-state index contributed by atoms with van der Waals surface area (Å²) in [6, 6.07) is 2.21. The number of nitrogens with two attached hydrogens (primary N) is 1. The molecule has 2 heterocycles. The van der Waals surface area contributed by atoms with Crippen LogP contribution in [0, 0.1) is 23.5 Å². The van der Waals surface area contributed by atoms with Crippen molar-refractivity contribution in [1.29, 1.82) is 0 Å². The average Bonchev–Trinajstić information content (AvgIpc) is 3.28. The van der Waals surface area contributed by atoms with Crippen molar-refractivity contribution in [3.63, 3.8) is 0 Å². The Labute approximate surface area is 158 Å². The summed E-state index contributed by atoms with van der Waals surface area (Å²) in [4.78, 5) is 20.1. The molecule has 1 fully saturated rings. The predicted octanol–water partition coefficient (Wildman–Crippen LogP) is 1.94. The number of hydrogen-bond donors (Lipinski definition) is 1. The third-order valence-electron chi connectivity index (χ3n) is 5.09. The highest BCUT2D eigenvalue weighted by Crippen LogP contribution is 2.32. The van der Waals surface area contributed by atoms with Gasteiger partial charge in [0.05, 0.1) is 19.0 Å². The first-order chi connectivity index (χ1) is 13.5. The van der Waals surface area contributed by atoms with Crippen molar-refractivity contribution >= 4 is 17.1 Å². The third kappa shape index (κ3) is 3.25. The van der Waals surface area contributed by atoms with E-state index >= 15 is 0 Å². The molecule has 0 bridgehead atoms. The topological polar surface area (TPSA) is 109 Å². The van der Waals surface area contributed by atoms with Crippen molar-refractivity contribution in [2.45, 2.75) is 25.7 Å². The van der Waals surface area contributed by atoms with E-state index in [4.69, 9.17) is 10.5 Å². The number of halogens is 2. The van der Waals surface area contributed by atoms with Gasteiger partial charge in [0.1, 0.15) is 5.82 Å². The van der Waals surface area contributed by atoms with Gasteiger partial charge in [-0.2, -0.15) is 4.68 Å². The molecule has 28 heavy (non-hydrogen) atoms. The highest BCUT2D eigenvalue weighted by molar-refractivity contribution is 5.76. The number of carbonyl (C=O) groups is 1. The molecule has 0 radical (unpaired) electrons. The lowest BCUT2D eigenvalue weighted by molar-refractivity contribution is -0.121. The Morgan fingerprint density at radius 2 is 2.07 bits per heavy atom. The first kappa shape index (κ1) is 18.2. The summed E-state index contributed by atoms with van der Waals surface area (Å²) in [5.74, 6) is -1.72. The Balaban J connectivity index is 1.65. The zero-order chi connectivity index (χ0) is 19.8. The number of benzene rings is 1. The van der Waals surface area contributed by atoms with E-state index in [1.807, 2.05) is 0 Å². The quantitative estimate of drug-likeness (QED) is 0.715. The van der Waals surface area contributed by atoms with Crippen molar-refractivity contribution in [2.24, 2.45) is 17.6 Å².